The van der Waals surface area contributed by atoms with Crippen LogP contribution in [-0.4, -0.2) is 69.7 Å². The molecular formula is C19H28N2O4S. The van der Waals surface area contributed by atoms with Crippen LogP contribution in [0, 0.1) is 11.8 Å². The molecule has 6 nitrogen and oxygen atoms in total. The zero-order valence-electron chi connectivity index (χ0n) is 15.7. The Bertz CT molecular complexity index is 781. The smallest absolute Gasteiger partial charge is 0.246 e. The van der Waals surface area contributed by atoms with Gasteiger partial charge in [-0.2, -0.15) is 4.31 Å². The molecule has 0 unspecified atom stereocenters. The van der Waals surface area contributed by atoms with E-state index in [-0.39, 0.29) is 22.5 Å². The summed E-state index contributed by atoms with van der Waals surface area (Å²) in [4.78, 5) is 2.45. The van der Waals surface area contributed by atoms with Crippen molar-refractivity contribution in [1.29, 1.82) is 0 Å². The number of ether oxygens (including phenoxy) is 2. The van der Waals surface area contributed by atoms with Crippen LogP contribution >= 0.6 is 0 Å². The third-order valence-corrected chi connectivity index (χ3v) is 7.95. The number of nitrogens with zero attached hydrogens (tertiary/aromatic N) is 2. The Morgan fingerprint density at radius 1 is 1.35 bits per heavy atom. The molecule has 3 aliphatic heterocycles. The van der Waals surface area contributed by atoms with E-state index in [1.165, 1.54) is 0 Å². The van der Waals surface area contributed by atoms with Crippen molar-refractivity contribution in [3.8, 4) is 5.75 Å². The quantitative estimate of drug-likeness (QED) is 0.753. The molecule has 2 bridgehead atoms. The third-order valence-electron chi connectivity index (χ3n) is 6.10. The second-order valence-corrected chi connectivity index (χ2v) is 9.88. The minimum Gasteiger partial charge on any atom is -0.492 e. The molecule has 4 rings (SSSR count). The number of fused-ring (bicyclic) bond motifs is 1. The van der Waals surface area contributed by atoms with E-state index in [0.29, 0.717) is 31.4 Å². The molecule has 0 aliphatic carbocycles. The first-order chi connectivity index (χ1) is 12.4. The van der Waals surface area contributed by atoms with Gasteiger partial charge in [-0.05, 0) is 46.0 Å². The summed E-state index contributed by atoms with van der Waals surface area (Å²) in [7, 11) is 0.539. The predicted octanol–water partition coefficient (Wildman–Crippen LogP) is 1.81. The highest BCUT2D eigenvalue weighted by atomic mass is 32.2. The molecule has 0 saturated carbocycles. The van der Waals surface area contributed by atoms with Crippen molar-refractivity contribution in [3.63, 3.8) is 0 Å². The van der Waals surface area contributed by atoms with Crippen LogP contribution in [-0.2, 0) is 14.8 Å². The molecule has 7 heteroatoms. The highest BCUT2D eigenvalue weighted by Gasteiger charge is 2.64. The fraction of sp³-hybridized carbons (Fsp3) is 0.684. The van der Waals surface area contributed by atoms with Crippen LogP contribution in [0.25, 0.3) is 0 Å². The van der Waals surface area contributed by atoms with Crippen LogP contribution in [0.4, 0.5) is 0 Å². The number of para-hydroxylation sites is 1. The second kappa shape index (κ2) is 6.48. The zero-order chi connectivity index (χ0) is 18.5. The third kappa shape index (κ3) is 2.76. The lowest BCUT2D eigenvalue weighted by atomic mass is 9.73. The molecule has 3 aliphatic rings. The normalized spacial score (nSPS) is 33.8. The molecule has 0 amide bonds. The van der Waals surface area contributed by atoms with Crippen LogP contribution in [0.5, 0.6) is 5.75 Å². The average molecular weight is 381 g/mol. The number of hydrogen-bond donors (Lipinski definition) is 0. The van der Waals surface area contributed by atoms with E-state index >= 15 is 0 Å². The Hall–Kier alpha value is -1.15. The summed E-state index contributed by atoms with van der Waals surface area (Å²) in [5.74, 6) is 1.11. The first-order valence-electron chi connectivity index (χ1n) is 9.42. The molecule has 144 valence electrons. The van der Waals surface area contributed by atoms with E-state index in [9.17, 15) is 8.42 Å². The van der Waals surface area contributed by atoms with Crippen molar-refractivity contribution < 1.29 is 17.9 Å². The van der Waals surface area contributed by atoms with Crippen molar-refractivity contribution in [2.24, 2.45) is 11.8 Å². The lowest BCUT2D eigenvalue weighted by Crippen LogP contribution is -2.40. The topological polar surface area (TPSA) is 59.1 Å². The number of rotatable bonds is 6. The van der Waals surface area contributed by atoms with E-state index in [4.69, 9.17) is 9.47 Å². The summed E-state index contributed by atoms with van der Waals surface area (Å²) in [6.45, 7) is 4.24. The first-order valence-corrected chi connectivity index (χ1v) is 10.9. The van der Waals surface area contributed by atoms with Gasteiger partial charge in [-0.25, -0.2) is 8.42 Å². The van der Waals surface area contributed by atoms with E-state index in [2.05, 4.69) is 19.0 Å². The van der Waals surface area contributed by atoms with Gasteiger partial charge in [-0.1, -0.05) is 12.1 Å². The molecule has 3 saturated heterocycles. The maximum Gasteiger partial charge on any atom is 0.246 e. The zero-order valence-corrected chi connectivity index (χ0v) is 16.5. The van der Waals surface area contributed by atoms with Gasteiger partial charge in [0, 0.05) is 31.5 Å². The van der Waals surface area contributed by atoms with Crippen molar-refractivity contribution in [2.75, 3.05) is 40.3 Å². The van der Waals surface area contributed by atoms with E-state index in [1.54, 1.807) is 28.6 Å². The van der Waals surface area contributed by atoms with Gasteiger partial charge < -0.3 is 14.4 Å². The molecule has 1 spiro atoms. The highest BCUT2D eigenvalue weighted by molar-refractivity contribution is 7.89. The molecule has 1 aromatic carbocycles. The summed E-state index contributed by atoms with van der Waals surface area (Å²) < 4.78 is 40.2. The van der Waals surface area contributed by atoms with E-state index < -0.39 is 10.0 Å². The number of benzene rings is 1. The van der Waals surface area contributed by atoms with Crippen LogP contribution in [0.2, 0.25) is 0 Å². The van der Waals surface area contributed by atoms with Gasteiger partial charge in [0.1, 0.15) is 10.6 Å². The van der Waals surface area contributed by atoms with Crippen molar-refractivity contribution >= 4 is 10.0 Å². The van der Waals surface area contributed by atoms with Gasteiger partial charge >= 0.3 is 0 Å². The van der Waals surface area contributed by atoms with Gasteiger partial charge in [-0.15, -0.1) is 0 Å². The Balaban J connectivity index is 1.63. The lowest BCUT2D eigenvalue weighted by molar-refractivity contribution is 0.00738. The van der Waals surface area contributed by atoms with E-state index in [0.717, 1.165) is 19.4 Å². The average Bonchev–Trinajstić information content (AvgIpc) is 3.25. The molecule has 0 N–H and O–H groups in total. The van der Waals surface area contributed by atoms with Gasteiger partial charge in [0.25, 0.3) is 0 Å². The van der Waals surface area contributed by atoms with Gasteiger partial charge in [0.05, 0.1) is 18.3 Å². The fourth-order valence-corrected chi connectivity index (χ4v) is 6.73. The predicted molar refractivity (Wildman–Crippen MR) is 98.7 cm³/mol. The Morgan fingerprint density at radius 2 is 2.12 bits per heavy atom. The van der Waals surface area contributed by atoms with Gasteiger partial charge in [-0.3, -0.25) is 0 Å². The van der Waals surface area contributed by atoms with Crippen LogP contribution in [0.15, 0.2) is 29.2 Å². The maximum absolute atomic E-state index is 13.3. The fourth-order valence-electron chi connectivity index (χ4n) is 5.07. The molecule has 3 fully saturated rings. The maximum atomic E-state index is 13.3. The van der Waals surface area contributed by atoms with Crippen LogP contribution < -0.4 is 4.74 Å². The molecule has 26 heavy (non-hydrogen) atoms. The summed E-state index contributed by atoms with van der Waals surface area (Å²) in [6, 6.07) is 6.92. The number of sulfonamides is 1. The molecule has 4 atom stereocenters. The van der Waals surface area contributed by atoms with Gasteiger partial charge in [0.15, 0.2) is 0 Å². The summed E-state index contributed by atoms with van der Waals surface area (Å²) in [5, 5.41) is 0. The number of hydrogen-bond acceptors (Lipinski definition) is 5. The molecule has 0 aromatic heterocycles. The van der Waals surface area contributed by atoms with Crippen molar-refractivity contribution in [2.45, 2.75) is 36.4 Å². The van der Waals surface area contributed by atoms with Crippen LogP contribution in [0.3, 0.4) is 0 Å². The van der Waals surface area contributed by atoms with Crippen molar-refractivity contribution in [1.82, 2.24) is 9.21 Å². The highest BCUT2D eigenvalue weighted by Crippen LogP contribution is 2.55. The lowest BCUT2D eigenvalue weighted by Gasteiger charge is -2.31. The molecular weight excluding hydrogens is 352 g/mol. The minimum absolute atomic E-state index is 0.261. The second-order valence-electron chi connectivity index (χ2n) is 7.97. The molecule has 3 heterocycles. The Labute approximate surface area is 156 Å². The van der Waals surface area contributed by atoms with Crippen molar-refractivity contribution in [3.05, 3.63) is 24.3 Å². The largest absolute Gasteiger partial charge is 0.492 e. The van der Waals surface area contributed by atoms with Crippen LogP contribution in [0.1, 0.15) is 19.8 Å². The monoisotopic (exact) mass is 380 g/mol. The van der Waals surface area contributed by atoms with E-state index in [1.807, 2.05) is 6.92 Å². The standard InChI is InChI=1S/C19H28N2O4S/c1-4-24-17-7-5-6-8-18(17)26(22,23)21-12-15-14(11-20(2)3)16-9-10-19(15,13-21)25-16/h5-8,14-16H,4,9-13H2,1-3H3/t14-,15+,16+,19+/m0/s1. The van der Waals surface area contributed by atoms with Gasteiger partial charge in [0.2, 0.25) is 10.0 Å². The first kappa shape index (κ1) is 18.2. The molecule has 0 radical (unpaired) electrons. The minimum atomic E-state index is -3.60. The molecule has 1 aromatic rings. The SMILES string of the molecule is CCOc1ccccc1S(=O)(=O)N1C[C@@H]2[C@H](CN(C)C)[C@H]3CC[C@]2(C1)O3. The summed E-state index contributed by atoms with van der Waals surface area (Å²) in [6.07, 6.45) is 2.28. The summed E-state index contributed by atoms with van der Waals surface area (Å²) in [5.41, 5.74) is -0.293. The Morgan fingerprint density at radius 3 is 2.85 bits per heavy atom. The Kier molecular flexibility index (Phi) is 4.54. The summed E-state index contributed by atoms with van der Waals surface area (Å²) >= 11 is 0.